The van der Waals surface area contributed by atoms with Crippen molar-refractivity contribution in [2.75, 3.05) is 13.2 Å². The zero-order chi connectivity index (χ0) is 8.69. The molecular formula is C10H22O. The Morgan fingerprint density at radius 3 is 2.36 bits per heavy atom. The first kappa shape index (κ1) is 11.0. The molecule has 0 saturated carbocycles. The zero-order valence-corrected chi connectivity index (χ0v) is 8.39. The second-order valence-corrected chi connectivity index (χ2v) is 3.36. The molecule has 1 saturated heterocycles. The molecule has 1 atom stereocenters. The molecule has 1 unspecified atom stereocenters. The molecule has 0 radical (unpaired) electrons. The molecule has 1 heteroatoms. The Morgan fingerprint density at radius 2 is 2.00 bits per heavy atom. The van der Waals surface area contributed by atoms with Crippen LogP contribution in [0.2, 0.25) is 0 Å². The van der Waals surface area contributed by atoms with Crippen molar-refractivity contribution in [1.82, 2.24) is 0 Å². The van der Waals surface area contributed by atoms with Gasteiger partial charge in [0.2, 0.25) is 0 Å². The molecule has 1 nitrogen and oxygen atoms in total. The molecule has 1 fully saturated rings. The minimum Gasteiger partial charge on any atom is -0.381 e. The Hall–Kier alpha value is -0.0400. The van der Waals surface area contributed by atoms with Crippen LogP contribution in [0.4, 0.5) is 0 Å². The molecule has 1 aliphatic rings. The highest BCUT2D eigenvalue weighted by atomic mass is 16.5. The summed E-state index contributed by atoms with van der Waals surface area (Å²) in [6.07, 6.45) is 2.64. The Morgan fingerprint density at radius 1 is 1.36 bits per heavy atom. The minimum absolute atomic E-state index is 0.844. The average Bonchev–Trinajstić information content (AvgIpc) is 2.43. The Bertz CT molecular complexity index is 72.9. The van der Waals surface area contributed by atoms with E-state index in [-0.39, 0.29) is 0 Å². The summed E-state index contributed by atoms with van der Waals surface area (Å²) in [6.45, 7) is 10.6. The first-order valence-corrected chi connectivity index (χ1v) is 4.87. The molecule has 68 valence electrons. The van der Waals surface area contributed by atoms with Crippen LogP contribution in [0.3, 0.4) is 0 Å². The molecular weight excluding hydrogens is 136 g/mol. The zero-order valence-electron chi connectivity index (χ0n) is 8.39. The molecule has 1 aliphatic heterocycles. The van der Waals surface area contributed by atoms with Gasteiger partial charge in [0.05, 0.1) is 0 Å². The van der Waals surface area contributed by atoms with E-state index < -0.39 is 0 Å². The van der Waals surface area contributed by atoms with Crippen LogP contribution >= 0.6 is 0 Å². The van der Waals surface area contributed by atoms with Gasteiger partial charge in [-0.25, -0.2) is 0 Å². The van der Waals surface area contributed by atoms with Gasteiger partial charge in [0.1, 0.15) is 0 Å². The van der Waals surface area contributed by atoms with Gasteiger partial charge in [-0.15, -0.1) is 0 Å². The Kier molecular flexibility index (Phi) is 6.63. The van der Waals surface area contributed by atoms with Crippen LogP contribution in [0, 0.1) is 11.8 Å². The van der Waals surface area contributed by atoms with Crippen molar-refractivity contribution in [3.63, 3.8) is 0 Å². The van der Waals surface area contributed by atoms with Crippen molar-refractivity contribution >= 4 is 0 Å². The number of hydrogen-bond acceptors (Lipinski definition) is 1. The highest BCUT2D eigenvalue weighted by Gasteiger charge is 2.15. The van der Waals surface area contributed by atoms with Gasteiger partial charge in [-0.1, -0.05) is 27.7 Å². The average molecular weight is 158 g/mol. The van der Waals surface area contributed by atoms with Gasteiger partial charge in [-0.3, -0.25) is 0 Å². The molecule has 0 N–H and O–H groups in total. The van der Waals surface area contributed by atoms with Crippen molar-refractivity contribution < 1.29 is 4.74 Å². The number of rotatable bonds is 2. The fourth-order valence-electron chi connectivity index (χ4n) is 1.44. The van der Waals surface area contributed by atoms with Gasteiger partial charge in [0.25, 0.3) is 0 Å². The summed E-state index contributed by atoms with van der Waals surface area (Å²) in [5.74, 6) is 1.71. The summed E-state index contributed by atoms with van der Waals surface area (Å²) in [5, 5.41) is 0. The predicted octanol–water partition coefficient (Wildman–Crippen LogP) is 3.10. The van der Waals surface area contributed by atoms with E-state index in [2.05, 4.69) is 13.8 Å². The lowest BCUT2D eigenvalue weighted by molar-refractivity contribution is 0.181. The summed E-state index contributed by atoms with van der Waals surface area (Å²) in [6, 6.07) is 0. The molecule has 0 bridgehead atoms. The lowest BCUT2D eigenvalue weighted by Gasteiger charge is -2.08. The summed E-state index contributed by atoms with van der Waals surface area (Å²) in [7, 11) is 0. The smallest absolute Gasteiger partial charge is 0.0495 e. The maximum Gasteiger partial charge on any atom is 0.0495 e. The molecule has 0 aliphatic carbocycles. The normalized spacial score (nSPS) is 23.2. The molecule has 11 heavy (non-hydrogen) atoms. The van der Waals surface area contributed by atoms with Crippen molar-refractivity contribution in [3.8, 4) is 0 Å². The molecule has 1 heterocycles. The van der Waals surface area contributed by atoms with E-state index in [1.165, 1.54) is 12.8 Å². The molecule has 0 aromatic carbocycles. The molecule has 0 aromatic heterocycles. The van der Waals surface area contributed by atoms with E-state index in [0.29, 0.717) is 0 Å². The SMILES string of the molecule is CC.CC(C)CC1CCOC1. The van der Waals surface area contributed by atoms with Gasteiger partial charge >= 0.3 is 0 Å². The Labute approximate surface area is 71.1 Å². The van der Waals surface area contributed by atoms with Gasteiger partial charge in [0, 0.05) is 13.2 Å². The van der Waals surface area contributed by atoms with Crippen LogP contribution < -0.4 is 0 Å². The van der Waals surface area contributed by atoms with Gasteiger partial charge in [-0.05, 0) is 24.7 Å². The van der Waals surface area contributed by atoms with E-state index in [4.69, 9.17) is 4.74 Å². The monoisotopic (exact) mass is 158 g/mol. The van der Waals surface area contributed by atoms with Crippen LogP contribution in [0.1, 0.15) is 40.5 Å². The van der Waals surface area contributed by atoms with Crippen molar-refractivity contribution in [2.45, 2.75) is 40.5 Å². The third-order valence-corrected chi connectivity index (χ3v) is 1.83. The second kappa shape index (κ2) is 6.66. The fourth-order valence-corrected chi connectivity index (χ4v) is 1.44. The van der Waals surface area contributed by atoms with Gasteiger partial charge < -0.3 is 4.74 Å². The van der Waals surface area contributed by atoms with Crippen LogP contribution in [0.25, 0.3) is 0 Å². The maximum atomic E-state index is 5.26. The lowest BCUT2D eigenvalue weighted by Crippen LogP contribution is -2.02. The van der Waals surface area contributed by atoms with Gasteiger partial charge in [0.15, 0.2) is 0 Å². The van der Waals surface area contributed by atoms with Crippen LogP contribution in [0.5, 0.6) is 0 Å². The quantitative estimate of drug-likeness (QED) is 0.600. The third kappa shape index (κ3) is 5.25. The Balaban J connectivity index is 0.000000461. The van der Waals surface area contributed by atoms with E-state index >= 15 is 0 Å². The standard InChI is InChI=1S/C8H16O.C2H6/c1-7(2)5-8-3-4-9-6-8;1-2/h7-8H,3-6H2,1-2H3;1-2H3. The number of hydrogen-bond donors (Lipinski definition) is 0. The fraction of sp³-hybridized carbons (Fsp3) is 1.00. The summed E-state index contributed by atoms with van der Waals surface area (Å²) in [4.78, 5) is 0. The van der Waals surface area contributed by atoms with Crippen molar-refractivity contribution in [3.05, 3.63) is 0 Å². The molecule has 0 aromatic rings. The summed E-state index contributed by atoms with van der Waals surface area (Å²) < 4.78 is 5.26. The lowest BCUT2D eigenvalue weighted by atomic mass is 9.97. The first-order chi connectivity index (χ1) is 5.29. The molecule has 1 rings (SSSR count). The van der Waals surface area contributed by atoms with E-state index in [0.717, 1.165) is 25.0 Å². The highest BCUT2D eigenvalue weighted by molar-refractivity contribution is 4.65. The topological polar surface area (TPSA) is 9.23 Å². The summed E-state index contributed by atoms with van der Waals surface area (Å²) >= 11 is 0. The van der Waals surface area contributed by atoms with Crippen LogP contribution in [0.15, 0.2) is 0 Å². The second-order valence-electron chi connectivity index (χ2n) is 3.36. The predicted molar refractivity (Wildman–Crippen MR) is 49.7 cm³/mol. The largest absolute Gasteiger partial charge is 0.381 e. The van der Waals surface area contributed by atoms with Crippen LogP contribution in [-0.4, -0.2) is 13.2 Å². The van der Waals surface area contributed by atoms with Crippen LogP contribution in [-0.2, 0) is 4.74 Å². The third-order valence-electron chi connectivity index (χ3n) is 1.83. The molecule has 0 amide bonds. The highest BCUT2D eigenvalue weighted by Crippen LogP contribution is 2.20. The van der Waals surface area contributed by atoms with E-state index in [9.17, 15) is 0 Å². The minimum atomic E-state index is 0.844. The number of ether oxygens (including phenoxy) is 1. The maximum absolute atomic E-state index is 5.26. The van der Waals surface area contributed by atoms with Gasteiger partial charge in [-0.2, -0.15) is 0 Å². The molecule has 0 spiro atoms. The summed E-state index contributed by atoms with van der Waals surface area (Å²) in [5.41, 5.74) is 0. The van der Waals surface area contributed by atoms with E-state index in [1.54, 1.807) is 0 Å². The van der Waals surface area contributed by atoms with E-state index in [1.807, 2.05) is 13.8 Å². The first-order valence-electron chi connectivity index (χ1n) is 4.87. The van der Waals surface area contributed by atoms with Crippen molar-refractivity contribution in [2.24, 2.45) is 11.8 Å². The van der Waals surface area contributed by atoms with Crippen molar-refractivity contribution in [1.29, 1.82) is 0 Å².